The second kappa shape index (κ2) is 4.35. The molecule has 1 nitrogen and oxygen atoms in total. The highest BCUT2D eigenvalue weighted by Gasteiger charge is 2.33. The molecular formula is C11H10F3N. The van der Waals surface area contributed by atoms with E-state index in [0.717, 1.165) is 6.07 Å². The standard InChI is InChI=1S/C11H10F3N/c1-8(15-2)7-9-5-3-4-6-10(9)11(12,13)14/h3-6,8H,7H2,1H3. The highest BCUT2D eigenvalue weighted by Crippen LogP contribution is 2.32. The molecule has 15 heavy (non-hydrogen) atoms. The Labute approximate surface area is 86.4 Å². The zero-order chi connectivity index (χ0) is 11.5. The SMILES string of the molecule is [C-]#[N+]C(C)Cc1ccccc1C(F)(F)F. The molecule has 0 aromatic heterocycles. The van der Waals surface area contributed by atoms with Gasteiger partial charge in [0.05, 0.1) is 5.56 Å². The van der Waals surface area contributed by atoms with Crippen molar-refractivity contribution in [3.05, 3.63) is 46.8 Å². The third-order valence-electron chi connectivity index (χ3n) is 2.06. The minimum atomic E-state index is -4.33. The molecule has 0 N–H and O–H groups in total. The smallest absolute Gasteiger partial charge is 0.314 e. The number of hydrogen-bond donors (Lipinski definition) is 0. The molecule has 1 atom stereocenters. The lowest BCUT2D eigenvalue weighted by Crippen LogP contribution is -2.11. The van der Waals surface area contributed by atoms with Crippen LogP contribution in [0.4, 0.5) is 13.2 Å². The van der Waals surface area contributed by atoms with Crippen LogP contribution in [0.1, 0.15) is 18.1 Å². The molecule has 1 aromatic rings. The first-order valence-corrected chi connectivity index (χ1v) is 4.47. The first kappa shape index (κ1) is 11.6. The molecule has 0 heterocycles. The van der Waals surface area contributed by atoms with Crippen molar-refractivity contribution in [3.8, 4) is 0 Å². The molecule has 0 bridgehead atoms. The van der Waals surface area contributed by atoms with E-state index in [-0.39, 0.29) is 12.0 Å². The number of benzene rings is 1. The Kier molecular flexibility index (Phi) is 3.35. The Bertz CT molecular complexity index is 376. The first-order chi connectivity index (χ1) is 6.95. The maximum Gasteiger partial charge on any atom is 0.416 e. The van der Waals surface area contributed by atoms with Gasteiger partial charge < -0.3 is 4.85 Å². The third kappa shape index (κ3) is 2.98. The minimum absolute atomic E-state index is 0.138. The highest BCUT2D eigenvalue weighted by molar-refractivity contribution is 5.30. The summed E-state index contributed by atoms with van der Waals surface area (Å²) in [5.74, 6) is 0. The lowest BCUT2D eigenvalue weighted by Gasteiger charge is -2.11. The highest BCUT2D eigenvalue weighted by atomic mass is 19.4. The summed E-state index contributed by atoms with van der Waals surface area (Å²) in [7, 11) is 0. The van der Waals surface area contributed by atoms with Crippen LogP contribution in [0, 0.1) is 6.57 Å². The number of rotatable bonds is 2. The maximum atomic E-state index is 12.5. The fourth-order valence-corrected chi connectivity index (χ4v) is 1.34. The van der Waals surface area contributed by atoms with Gasteiger partial charge in [0.1, 0.15) is 0 Å². The molecule has 0 aliphatic heterocycles. The van der Waals surface area contributed by atoms with E-state index >= 15 is 0 Å². The van der Waals surface area contributed by atoms with Gasteiger partial charge in [0, 0.05) is 13.3 Å². The van der Waals surface area contributed by atoms with Gasteiger partial charge in [-0.25, -0.2) is 6.57 Å². The van der Waals surface area contributed by atoms with Gasteiger partial charge in [0.15, 0.2) is 0 Å². The lowest BCUT2D eigenvalue weighted by molar-refractivity contribution is -0.138. The zero-order valence-corrected chi connectivity index (χ0v) is 8.17. The van der Waals surface area contributed by atoms with Crippen LogP contribution in [0.2, 0.25) is 0 Å². The molecule has 0 spiro atoms. The second-order valence-electron chi connectivity index (χ2n) is 3.34. The van der Waals surface area contributed by atoms with Crippen molar-refractivity contribution in [2.75, 3.05) is 0 Å². The van der Waals surface area contributed by atoms with E-state index < -0.39 is 17.8 Å². The fraction of sp³-hybridized carbons (Fsp3) is 0.364. The third-order valence-corrected chi connectivity index (χ3v) is 2.06. The summed E-state index contributed by atoms with van der Waals surface area (Å²) in [4.78, 5) is 3.19. The average Bonchev–Trinajstić information content (AvgIpc) is 2.17. The Morgan fingerprint density at radius 1 is 1.33 bits per heavy atom. The monoisotopic (exact) mass is 213 g/mol. The maximum absolute atomic E-state index is 12.5. The normalized spacial score (nSPS) is 13.3. The van der Waals surface area contributed by atoms with Crippen LogP contribution in [-0.4, -0.2) is 6.04 Å². The molecule has 0 fully saturated rings. The molecular weight excluding hydrogens is 203 g/mol. The van der Waals surface area contributed by atoms with Crippen molar-refractivity contribution in [1.29, 1.82) is 0 Å². The van der Waals surface area contributed by atoms with E-state index in [1.807, 2.05) is 0 Å². The van der Waals surface area contributed by atoms with Gasteiger partial charge in [-0.05, 0) is 11.6 Å². The summed E-state index contributed by atoms with van der Waals surface area (Å²) in [5, 5.41) is 0. The number of hydrogen-bond acceptors (Lipinski definition) is 0. The fourth-order valence-electron chi connectivity index (χ4n) is 1.34. The number of alkyl halides is 3. The van der Waals surface area contributed by atoms with E-state index in [9.17, 15) is 13.2 Å². The molecule has 0 aliphatic rings. The summed E-state index contributed by atoms with van der Waals surface area (Å²) in [6, 6.07) is 4.96. The molecule has 1 aromatic carbocycles. The van der Waals surface area contributed by atoms with Gasteiger partial charge in [-0.3, -0.25) is 0 Å². The summed E-state index contributed by atoms with van der Waals surface area (Å²) < 4.78 is 37.6. The molecule has 80 valence electrons. The second-order valence-corrected chi connectivity index (χ2v) is 3.34. The van der Waals surface area contributed by atoms with E-state index in [1.54, 1.807) is 13.0 Å². The quantitative estimate of drug-likeness (QED) is 0.661. The summed E-state index contributed by atoms with van der Waals surface area (Å²) >= 11 is 0. The van der Waals surface area contributed by atoms with Gasteiger partial charge >= 0.3 is 6.18 Å². The predicted molar refractivity (Wildman–Crippen MR) is 51.2 cm³/mol. The summed E-state index contributed by atoms with van der Waals surface area (Å²) in [5.41, 5.74) is -0.450. The van der Waals surface area contributed by atoms with Crippen molar-refractivity contribution >= 4 is 0 Å². The minimum Gasteiger partial charge on any atom is -0.314 e. The number of nitrogens with zero attached hydrogens (tertiary/aromatic N) is 1. The van der Waals surface area contributed by atoms with E-state index in [1.165, 1.54) is 12.1 Å². The Hall–Kier alpha value is -1.50. The molecule has 1 rings (SSSR count). The molecule has 1 unspecified atom stereocenters. The van der Waals surface area contributed by atoms with Crippen molar-refractivity contribution in [3.63, 3.8) is 0 Å². The van der Waals surface area contributed by atoms with Crippen LogP contribution >= 0.6 is 0 Å². The van der Waals surface area contributed by atoms with E-state index in [0.29, 0.717) is 0 Å². The predicted octanol–water partition coefficient (Wildman–Crippen LogP) is 3.56. The van der Waals surface area contributed by atoms with Crippen LogP contribution in [-0.2, 0) is 12.6 Å². The van der Waals surface area contributed by atoms with E-state index in [2.05, 4.69) is 4.85 Å². The Balaban J connectivity index is 3.03. The van der Waals surface area contributed by atoms with Crippen molar-refractivity contribution in [2.45, 2.75) is 25.6 Å². The topological polar surface area (TPSA) is 4.36 Å². The molecule has 0 amide bonds. The van der Waals surface area contributed by atoms with Gasteiger partial charge in [-0.2, -0.15) is 13.2 Å². The van der Waals surface area contributed by atoms with Gasteiger partial charge in [-0.1, -0.05) is 18.2 Å². The van der Waals surface area contributed by atoms with Gasteiger partial charge in [0.2, 0.25) is 6.04 Å². The summed E-state index contributed by atoms with van der Waals surface area (Å²) in [6.07, 6.45) is -4.20. The largest absolute Gasteiger partial charge is 0.416 e. The van der Waals surface area contributed by atoms with Crippen molar-refractivity contribution < 1.29 is 13.2 Å². The van der Waals surface area contributed by atoms with Crippen LogP contribution in [0.25, 0.3) is 4.85 Å². The van der Waals surface area contributed by atoms with Gasteiger partial charge in [-0.15, -0.1) is 0 Å². The molecule has 4 heteroatoms. The van der Waals surface area contributed by atoms with Crippen LogP contribution in [0.15, 0.2) is 24.3 Å². The molecule has 0 saturated carbocycles. The molecule has 0 aliphatic carbocycles. The Morgan fingerprint density at radius 2 is 1.93 bits per heavy atom. The molecule has 0 radical (unpaired) electrons. The van der Waals surface area contributed by atoms with Crippen molar-refractivity contribution in [2.24, 2.45) is 0 Å². The Morgan fingerprint density at radius 3 is 2.47 bits per heavy atom. The van der Waals surface area contributed by atoms with Crippen LogP contribution < -0.4 is 0 Å². The zero-order valence-electron chi connectivity index (χ0n) is 8.17. The van der Waals surface area contributed by atoms with Crippen molar-refractivity contribution in [1.82, 2.24) is 0 Å². The van der Waals surface area contributed by atoms with Gasteiger partial charge in [0.25, 0.3) is 0 Å². The number of halogens is 3. The molecule has 0 saturated heterocycles. The lowest BCUT2D eigenvalue weighted by atomic mass is 10.0. The van der Waals surface area contributed by atoms with Crippen LogP contribution in [0.3, 0.4) is 0 Å². The summed E-state index contributed by atoms with van der Waals surface area (Å²) in [6.45, 7) is 8.34. The first-order valence-electron chi connectivity index (χ1n) is 4.47. The van der Waals surface area contributed by atoms with Crippen LogP contribution in [0.5, 0.6) is 0 Å². The van der Waals surface area contributed by atoms with E-state index in [4.69, 9.17) is 6.57 Å². The average molecular weight is 213 g/mol.